The van der Waals surface area contributed by atoms with Gasteiger partial charge in [0.05, 0.1) is 18.2 Å². The molecule has 4 nitrogen and oxygen atoms in total. The second kappa shape index (κ2) is 6.30. The van der Waals surface area contributed by atoms with Crippen LogP contribution < -0.4 is 0 Å². The van der Waals surface area contributed by atoms with Crippen LogP contribution in [0.25, 0.3) is 0 Å². The molecule has 0 spiro atoms. The third kappa shape index (κ3) is 3.05. The lowest BCUT2D eigenvalue weighted by atomic mass is 9.80. The molecule has 116 valence electrons. The smallest absolute Gasteiger partial charge is 0.170 e. The largest absolute Gasteiger partial charge is 0.370 e. The summed E-state index contributed by atoms with van der Waals surface area (Å²) in [7, 11) is 1.68. The van der Waals surface area contributed by atoms with E-state index in [-0.39, 0.29) is 5.78 Å². The molecule has 2 aliphatic carbocycles. The Bertz CT molecular complexity index is 483. The SMILES string of the molecule is COC1(C(=O)Cc2ccn(C3CCCC3)n2)CCCCC1. The van der Waals surface area contributed by atoms with Gasteiger partial charge >= 0.3 is 0 Å². The van der Waals surface area contributed by atoms with E-state index in [1.54, 1.807) is 7.11 Å². The van der Waals surface area contributed by atoms with Crippen molar-refractivity contribution in [2.75, 3.05) is 7.11 Å². The molecule has 2 fully saturated rings. The van der Waals surface area contributed by atoms with E-state index >= 15 is 0 Å². The molecule has 21 heavy (non-hydrogen) atoms. The van der Waals surface area contributed by atoms with E-state index in [0.29, 0.717) is 12.5 Å². The van der Waals surface area contributed by atoms with E-state index in [4.69, 9.17) is 4.74 Å². The third-order valence-corrected chi connectivity index (χ3v) is 5.26. The van der Waals surface area contributed by atoms with Gasteiger partial charge in [-0.2, -0.15) is 5.10 Å². The normalized spacial score (nSPS) is 22.5. The molecule has 0 atom stereocenters. The van der Waals surface area contributed by atoms with E-state index in [2.05, 4.69) is 9.78 Å². The van der Waals surface area contributed by atoms with Crippen molar-refractivity contribution in [1.82, 2.24) is 9.78 Å². The molecule has 0 unspecified atom stereocenters. The van der Waals surface area contributed by atoms with Gasteiger partial charge in [-0.15, -0.1) is 0 Å². The number of hydrogen-bond acceptors (Lipinski definition) is 3. The summed E-state index contributed by atoms with van der Waals surface area (Å²) in [6.07, 6.45) is 12.6. The minimum Gasteiger partial charge on any atom is -0.370 e. The Morgan fingerprint density at radius 3 is 2.67 bits per heavy atom. The molecule has 1 aromatic rings. The lowest BCUT2D eigenvalue weighted by Gasteiger charge is -2.34. The van der Waals surface area contributed by atoms with Crippen molar-refractivity contribution in [2.45, 2.75) is 75.9 Å². The van der Waals surface area contributed by atoms with Crippen LogP contribution >= 0.6 is 0 Å². The van der Waals surface area contributed by atoms with Crippen LogP contribution in [-0.2, 0) is 16.0 Å². The van der Waals surface area contributed by atoms with Gasteiger partial charge < -0.3 is 4.74 Å². The Hall–Kier alpha value is -1.16. The van der Waals surface area contributed by atoms with Crippen LogP contribution in [0.3, 0.4) is 0 Å². The number of nitrogens with zero attached hydrogens (tertiary/aromatic N) is 2. The number of hydrogen-bond donors (Lipinski definition) is 0. The Balaban J connectivity index is 1.66. The summed E-state index contributed by atoms with van der Waals surface area (Å²) >= 11 is 0. The summed E-state index contributed by atoms with van der Waals surface area (Å²) in [6.45, 7) is 0. The summed E-state index contributed by atoms with van der Waals surface area (Å²) in [4.78, 5) is 12.7. The first-order valence-electron chi connectivity index (χ1n) is 8.36. The second-order valence-corrected chi connectivity index (χ2v) is 6.58. The van der Waals surface area contributed by atoms with Gasteiger partial charge in [-0.3, -0.25) is 9.48 Å². The van der Waals surface area contributed by atoms with Gasteiger partial charge in [-0.25, -0.2) is 0 Å². The Morgan fingerprint density at radius 2 is 2.00 bits per heavy atom. The third-order valence-electron chi connectivity index (χ3n) is 5.26. The highest BCUT2D eigenvalue weighted by molar-refractivity contribution is 5.89. The highest BCUT2D eigenvalue weighted by atomic mass is 16.5. The number of carbonyl (C=O) groups is 1. The predicted octanol–water partition coefficient (Wildman–Crippen LogP) is 3.46. The Labute approximate surface area is 126 Å². The number of ether oxygens (including phenoxy) is 1. The predicted molar refractivity (Wildman–Crippen MR) is 81.3 cm³/mol. The molecule has 0 amide bonds. The Kier molecular flexibility index (Phi) is 4.43. The second-order valence-electron chi connectivity index (χ2n) is 6.58. The average molecular weight is 290 g/mol. The van der Waals surface area contributed by atoms with Gasteiger partial charge in [-0.1, -0.05) is 32.1 Å². The molecular formula is C17H26N2O2. The van der Waals surface area contributed by atoms with Crippen LogP contribution in [0, 0.1) is 0 Å². The highest BCUT2D eigenvalue weighted by Crippen LogP contribution is 2.33. The van der Waals surface area contributed by atoms with Crippen molar-refractivity contribution in [3.05, 3.63) is 18.0 Å². The number of rotatable bonds is 5. The maximum absolute atomic E-state index is 12.7. The molecule has 0 bridgehead atoms. The number of aromatic nitrogens is 2. The van der Waals surface area contributed by atoms with Crippen molar-refractivity contribution in [3.8, 4) is 0 Å². The van der Waals surface area contributed by atoms with Crippen LogP contribution in [-0.4, -0.2) is 28.3 Å². The van der Waals surface area contributed by atoms with E-state index in [9.17, 15) is 4.79 Å². The number of ketones is 1. The molecule has 1 aromatic heterocycles. The van der Waals surface area contributed by atoms with Crippen molar-refractivity contribution < 1.29 is 9.53 Å². The van der Waals surface area contributed by atoms with Crippen molar-refractivity contribution in [1.29, 1.82) is 0 Å². The number of Topliss-reactive ketones (excluding diaryl/α,β-unsaturated/α-hetero) is 1. The fourth-order valence-electron chi connectivity index (χ4n) is 3.89. The molecule has 4 heteroatoms. The highest BCUT2D eigenvalue weighted by Gasteiger charge is 2.39. The molecule has 0 N–H and O–H groups in total. The zero-order chi connectivity index (χ0) is 14.7. The number of methoxy groups -OCH3 is 1. The van der Waals surface area contributed by atoms with Gasteiger partial charge in [-0.05, 0) is 31.7 Å². The molecule has 0 aliphatic heterocycles. The van der Waals surface area contributed by atoms with Crippen LogP contribution in [0.1, 0.15) is 69.5 Å². The van der Waals surface area contributed by atoms with Gasteiger partial charge in [0.15, 0.2) is 5.78 Å². The van der Waals surface area contributed by atoms with Crippen molar-refractivity contribution >= 4 is 5.78 Å². The minimum atomic E-state index is -0.546. The van der Waals surface area contributed by atoms with Crippen LogP contribution in [0.4, 0.5) is 0 Å². The van der Waals surface area contributed by atoms with Crippen molar-refractivity contribution in [2.24, 2.45) is 0 Å². The summed E-state index contributed by atoms with van der Waals surface area (Å²) in [6, 6.07) is 2.54. The quantitative estimate of drug-likeness (QED) is 0.834. The van der Waals surface area contributed by atoms with Gasteiger partial charge in [0.1, 0.15) is 5.60 Å². The maximum atomic E-state index is 12.7. The molecule has 0 aromatic carbocycles. The topological polar surface area (TPSA) is 44.1 Å². The lowest BCUT2D eigenvalue weighted by Crippen LogP contribution is -2.43. The standard InChI is InChI=1S/C17H26N2O2/c1-21-17(10-5-2-6-11-17)16(20)13-14-9-12-19(18-14)15-7-3-4-8-15/h9,12,15H,2-8,10-11,13H2,1H3. The van der Waals surface area contributed by atoms with Crippen LogP contribution in [0.5, 0.6) is 0 Å². The fourth-order valence-corrected chi connectivity index (χ4v) is 3.89. The van der Waals surface area contributed by atoms with Crippen LogP contribution in [0.2, 0.25) is 0 Å². The number of carbonyl (C=O) groups excluding carboxylic acids is 1. The summed E-state index contributed by atoms with van der Waals surface area (Å²) in [5.74, 6) is 0.210. The monoisotopic (exact) mass is 290 g/mol. The molecule has 3 rings (SSSR count). The van der Waals surface area contributed by atoms with Gasteiger partial charge in [0.2, 0.25) is 0 Å². The zero-order valence-electron chi connectivity index (χ0n) is 13.0. The summed E-state index contributed by atoms with van der Waals surface area (Å²) < 4.78 is 7.70. The molecule has 0 saturated heterocycles. The van der Waals surface area contributed by atoms with E-state index in [1.165, 1.54) is 32.1 Å². The Morgan fingerprint density at radius 1 is 1.29 bits per heavy atom. The van der Waals surface area contributed by atoms with E-state index in [1.807, 2.05) is 12.3 Å². The maximum Gasteiger partial charge on any atom is 0.170 e. The molecule has 2 saturated carbocycles. The van der Waals surface area contributed by atoms with Crippen molar-refractivity contribution in [3.63, 3.8) is 0 Å². The first-order valence-corrected chi connectivity index (χ1v) is 8.36. The summed E-state index contributed by atoms with van der Waals surface area (Å²) in [5.41, 5.74) is 0.351. The summed E-state index contributed by atoms with van der Waals surface area (Å²) in [5, 5.41) is 4.63. The average Bonchev–Trinajstić information content (AvgIpc) is 3.18. The van der Waals surface area contributed by atoms with E-state index in [0.717, 1.165) is 31.4 Å². The molecule has 0 radical (unpaired) electrons. The first kappa shape index (κ1) is 14.8. The molecule has 1 heterocycles. The first-order chi connectivity index (χ1) is 10.2. The zero-order valence-corrected chi connectivity index (χ0v) is 13.0. The lowest BCUT2D eigenvalue weighted by molar-refractivity contribution is -0.144. The minimum absolute atomic E-state index is 0.210. The van der Waals surface area contributed by atoms with Gasteiger partial charge in [0.25, 0.3) is 0 Å². The molecular weight excluding hydrogens is 264 g/mol. The fraction of sp³-hybridized carbons (Fsp3) is 0.765. The van der Waals surface area contributed by atoms with Crippen LogP contribution in [0.15, 0.2) is 12.3 Å². The van der Waals surface area contributed by atoms with Gasteiger partial charge in [0, 0.05) is 13.3 Å². The molecule has 2 aliphatic rings. The van der Waals surface area contributed by atoms with E-state index < -0.39 is 5.60 Å².